The molecule has 0 saturated carbocycles. The third-order valence-corrected chi connectivity index (χ3v) is 5.57. The minimum atomic E-state index is -0.664. The van der Waals surface area contributed by atoms with Gasteiger partial charge in [-0.05, 0) is 19.1 Å². The number of hydrogen-bond acceptors (Lipinski definition) is 11. The number of nitro groups is 1. The second-order valence-electron chi connectivity index (χ2n) is 7.59. The van der Waals surface area contributed by atoms with Crippen molar-refractivity contribution in [2.75, 3.05) is 21.3 Å². The fourth-order valence-electron chi connectivity index (χ4n) is 3.86. The van der Waals surface area contributed by atoms with E-state index in [0.29, 0.717) is 39.8 Å². The van der Waals surface area contributed by atoms with Gasteiger partial charge in [-0.1, -0.05) is 5.21 Å². The lowest BCUT2D eigenvalue weighted by Gasteiger charge is -2.14. The molecule has 0 aliphatic heterocycles. The molecular weight excluding hydrogens is 472 g/mol. The molecule has 3 aromatic heterocycles. The van der Waals surface area contributed by atoms with Crippen molar-refractivity contribution >= 4 is 27.8 Å². The maximum Gasteiger partial charge on any atom is 0.349 e. The Kier molecular flexibility index (Phi) is 5.43. The monoisotopic (exact) mass is 490 g/mol. The molecule has 2 aromatic carbocycles. The maximum atomic E-state index is 12.9. The van der Waals surface area contributed by atoms with Crippen LogP contribution in [0.2, 0.25) is 0 Å². The van der Waals surface area contributed by atoms with Crippen LogP contribution in [-0.4, -0.2) is 51.2 Å². The van der Waals surface area contributed by atoms with Gasteiger partial charge in [0.05, 0.1) is 37.6 Å². The number of pyridine rings is 1. The Labute approximate surface area is 202 Å². The molecule has 0 N–H and O–H groups in total. The van der Waals surface area contributed by atoms with Crippen LogP contribution in [0.3, 0.4) is 0 Å². The predicted molar refractivity (Wildman–Crippen MR) is 127 cm³/mol. The van der Waals surface area contributed by atoms with E-state index in [1.165, 1.54) is 50.3 Å². The number of nitro benzene ring substituents is 1. The lowest BCUT2D eigenvalue weighted by Crippen LogP contribution is -2.08. The molecule has 0 aliphatic rings. The van der Waals surface area contributed by atoms with E-state index in [9.17, 15) is 14.9 Å². The van der Waals surface area contributed by atoms with Gasteiger partial charge < -0.3 is 18.6 Å². The summed E-state index contributed by atoms with van der Waals surface area (Å²) in [5, 5.41) is 19.6. The molecule has 0 aliphatic carbocycles. The fourth-order valence-corrected chi connectivity index (χ4v) is 3.86. The van der Waals surface area contributed by atoms with Crippen LogP contribution in [0.25, 0.3) is 39.2 Å². The highest BCUT2D eigenvalue weighted by Gasteiger charge is 2.22. The predicted octanol–water partition coefficient (Wildman–Crippen LogP) is 3.23. The number of non-ortho nitro benzene ring substituents is 1. The number of rotatable bonds is 6. The molecular formula is C23H18N6O7. The number of methoxy groups -OCH3 is 3. The lowest BCUT2D eigenvalue weighted by atomic mass is 10.2. The molecule has 5 aromatic rings. The second kappa shape index (κ2) is 8.61. The SMILES string of the molecule is COc1cc(-n2nnc3c4nc(-c5ccc([N+](=O)[O-])cc5)oc(=O)c4c(C)nc32)cc(OC)c1OC. The first-order chi connectivity index (χ1) is 17.4. The van der Waals surface area contributed by atoms with E-state index in [-0.39, 0.29) is 28.0 Å². The number of nitrogens with zero attached hydrogens (tertiary/aromatic N) is 6. The molecule has 3 heterocycles. The molecule has 0 fully saturated rings. The Balaban J connectivity index is 1.74. The second-order valence-corrected chi connectivity index (χ2v) is 7.59. The van der Waals surface area contributed by atoms with Gasteiger partial charge in [-0.3, -0.25) is 10.1 Å². The summed E-state index contributed by atoms with van der Waals surface area (Å²) in [5.41, 5.74) is 1.35. The molecule has 13 nitrogen and oxygen atoms in total. The average Bonchev–Trinajstić information content (AvgIpc) is 3.31. The summed E-state index contributed by atoms with van der Waals surface area (Å²) in [6.07, 6.45) is 0. The molecule has 5 rings (SSSR count). The molecule has 0 saturated heterocycles. The zero-order valence-corrected chi connectivity index (χ0v) is 19.5. The summed E-state index contributed by atoms with van der Waals surface area (Å²) >= 11 is 0. The molecule has 36 heavy (non-hydrogen) atoms. The number of hydrogen-bond donors (Lipinski definition) is 0. The zero-order chi connectivity index (χ0) is 25.6. The zero-order valence-electron chi connectivity index (χ0n) is 19.5. The largest absolute Gasteiger partial charge is 0.493 e. The van der Waals surface area contributed by atoms with Crippen molar-refractivity contribution in [3.8, 4) is 34.4 Å². The number of benzene rings is 2. The van der Waals surface area contributed by atoms with Crippen molar-refractivity contribution < 1.29 is 23.6 Å². The Morgan fingerprint density at radius 3 is 2.22 bits per heavy atom. The Hall–Kier alpha value is -5.07. The highest BCUT2D eigenvalue weighted by Crippen LogP contribution is 2.39. The van der Waals surface area contributed by atoms with Crippen LogP contribution in [-0.2, 0) is 0 Å². The third kappa shape index (κ3) is 3.53. The smallest absolute Gasteiger partial charge is 0.349 e. The highest BCUT2D eigenvalue weighted by atomic mass is 16.6. The van der Waals surface area contributed by atoms with Crippen molar-refractivity contribution in [2.45, 2.75) is 6.92 Å². The van der Waals surface area contributed by atoms with Crippen LogP contribution in [0, 0.1) is 17.0 Å². The van der Waals surface area contributed by atoms with Gasteiger partial charge in [-0.2, -0.15) is 4.68 Å². The topological polar surface area (TPSA) is 158 Å². The lowest BCUT2D eigenvalue weighted by molar-refractivity contribution is -0.384. The minimum Gasteiger partial charge on any atom is -0.493 e. The van der Waals surface area contributed by atoms with Crippen molar-refractivity contribution in [3.63, 3.8) is 0 Å². The van der Waals surface area contributed by atoms with E-state index in [1.54, 1.807) is 19.1 Å². The third-order valence-electron chi connectivity index (χ3n) is 5.57. The molecule has 0 radical (unpaired) electrons. The van der Waals surface area contributed by atoms with E-state index in [2.05, 4.69) is 20.3 Å². The quantitative estimate of drug-likeness (QED) is 0.254. The van der Waals surface area contributed by atoms with Crippen LogP contribution >= 0.6 is 0 Å². The normalized spacial score (nSPS) is 11.1. The summed E-state index contributed by atoms with van der Waals surface area (Å²) in [5.74, 6) is 1.21. The first-order valence-electron chi connectivity index (χ1n) is 10.5. The molecule has 0 unspecified atom stereocenters. The summed E-state index contributed by atoms with van der Waals surface area (Å²) < 4.78 is 23.1. The molecule has 0 amide bonds. The molecule has 0 bridgehead atoms. The number of ether oxygens (including phenoxy) is 3. The van der Waals surface area contributed by atoms with Crippen LogP contribution < -0.4 is 19.8 Å². The van der Waals surface area contributed by atoms with Crippen molar-refractivity contribution in [3.05, 3.63) is 62.6 Å². The summed E-state index contributed by atoms with van der Waals surface area (Å²) in [6, 6.07) is 8.88. The highest BCUT2D eigenvalue weighted by molar-refractivity contribution is 6.00. The van der Waals surface area contributed by atoms with Gasteiger partial charge in [0.2, 0.25) is 11.6 Å². The Bertz CT molecular complexity index is 1680. The van der Waals surface area contributed by atoms with E-state index in [4.69, 9.17) is 18.6 Å². The molecule has 0 spiro atoms. The van der Waals surface area contributed by atoms with Crippen LogP contribution in [0.4, 0.5) is 5.69 Å². The van der Waals surface area contributed by atoms with Gasteiger partial charge in [0.25, 0.3) is 5.69 Å². The van der Waals surface area contributed by atoms with Gasteiger partial charge in [0, 0.05) is 29.8 Å². The van der Waals surface area contributed by atoms with Crippen LogP contribution in [0.1, 0.15) is 5.69 Å². The van der Waals surface area contributed by atoms with E-state index in [1.807, 2.05) is 0 Å². The average molecular weight is 490 g/mol. The standard InChI is InChI=1S/C23H18N6O7/c1-11-17-18(25-22(36-23(17)30)12-5-7-13(8-6-12)29(31)32)19-21(24-11)28(27-26-19)14-9-15(33-2)20(35-4)16(10-14)34-3/h5-10H,1-4H3. The van der Waals surface area contributed by atoms with Crippen molar-refractivity contribution in [2.24, 2.45) is 0 Å². The van der Waals surface area contributed by atoms with Gasteiger partial charge in [0.1, 0.15) is 10.9 Å². The fraction of sp³-hybridized carbons (Fsp3) is 0.174. The van der Waals surface area contributed by atoms with Gasteiger partial charge in [-0.25, -0.2) is 14.8 Å². The first-order valence-corrected chi connectivity index (χ1v) is 10.5. The minimum absolute atomic E-state index is 0.0170. The number of aryl methyl sites for hydroxylation is 1. The van der Waals surface area contributed by atoms with Gasteiger partial charge in [-0.15, -0.1) is 5.10 Å². The molecule has 182 valence electrons. The molecule has 0 atom stereocenters. The Morgan fingerprint density at radius 1 is 0.972 bits per heavy atom. The van der Waals surface area contributed by atoms with Crippen LogP contribution in [0.15, 0.2) is 45.6 Å². The van der Waals surface area contributed by atoms with Crippen molar-refractivity contribution in [1.82, 2.24) is 25.0 Å². The first kappa shape index (κ1) is 22.7. The summed E-state index contributed by atoms with van der Waals surface area (Å²) in [6.45, 7) is 1.65. The number of aromatic nitrogens is 5. The van der Waals surface area contributed by atoms with E-state index >= 15 is 0 Å². The van der Waals surface area contributed by atoms with Crippen molar-refractivity contribution in [1.29, 1.82) is 0 Å². The van der Waals surface area contributed by atoms with E-state index in [0.717, 1.165) is 0 Å². The summed E-state index contributed by atoms with van der Waals surface area (Å²) in [4.78, 5) is 32.4. The van der Waals surface area contributed by atoms with Crippen LogP contribution in [0.5, 0.6) is 17.2 Å². The van der Waals surface area contributed by atoms with Gasteiger partial charge in [0.15, 0.2) is 22.7 Å². The maximum absolute atomic E-state index is 12.9. The van der Waals surface area contributed by atoms with E-state index < -0.39 is 10.5 Å². The molecule has 13 heteroatoms. The Morgan fingerprint density at radius 2 is 1.64 bits per heavy atom. The number of fused-ring (bicyclic) bond motifs is 3. The summed E-state index contributed by atoms with van der Waals surface area (Å²) in [7, 11) is 4.50. The van der Waals surface area contributed by atoms with Gasteiger partial charge >= 0.3 is 5.63 Å².